The van der Waals surface area contributed by atoms with E-state index in [1.54, 1.807) is 7.11 Å². The van der Waals surface area contributed by atoms with Gasteiger partial charge < -0.3 is 9.15 Å². The van der Waals surface area contributed by atoms with Gasteiger partial charge in [-0.15, -0.1) is 0 Å². The Kier molecular flexibility index (Phi) is 4.24. The Morgan fingerprint density at radius 1 is 1.35 bits per heavy atom. The van der Waals surface area contributed by atoms with E-state index < -0.39 is 0 Å². The summed E-state index contributed by atoms with van der Waals surface area (Å²) in [6.45, 7) is 2.93. The molecular weight excluding hydrogens is 280 g/mol. The predicted octanol–water partition coefficient (Wildman–Crippen LogP) is 4.22. The minimum atomic E-state index is 0.769. The molecule has 0 aliphatic carbocycles. The Hall–Kier alpha value is -0.800. The third-order valence-electron chi connectivity index (χ3n) is 3.05. The van der Waals surface area contributed by atoms with Gasteiger partial charge in [0.05, 0.1) is 5.33 Å². The molecule has 2 aromatic rings. The summed E-state index contributed by atoms with van der Waals surface area (Å²) in [6, 6.07) is 6.28. The lowest BCUT2D eigenvalue weighted by Crippen LogP contribution is -1.93. The lowest BCUT2D eigenvalue weighted by Gasteiger charge is -2.03. The molecule has 0 aliphatic rings. The van der Waals surface area contributed by atoms with Crippen molar-refractivity contribution < 1.29 is 9.15 Å². The highest BCUT2D eigenvalue weighted by molar-refractivity contribution is 9.08. The summed E-state index contributed by atoms with van der Waals surface area (Å²) in [6.07, 6.45) is 2.08. The van der Waals surface area contributed by atoms with Crippen LogP contribution in [0.2, 0.25) is 0 Å². The zero-order valence-corrected chi connectivity index (χ0v) is 11.8. The predicted molar refractivity (Wildman–Crippen MR) is 73.8 cm³/mol. The fraction of sp³-hybridized carbons (Fsp3) is 0.429. The number of ether oxygens (including phenoxy) is 1. The van der Waals surface area contributed by atoms with Crippen LogP contribution in [0.25, 0.3) is 11.0 Å². The Labute approximate surface area is 110 Å². The first kappa shape index (κ1) is 12.7. The van der Waals surface area contributed by atoms with Gasteiger partial charge in [0.25, 0.3) is 0 Å². The van der Waals surface area contributed by atoms with Crippen molar-refractivity contribution in [1.29, 1.82) is 0 Å². The van der Waals surface area contributed by atoms with Crippen LogP contribution in [0.1, 0.15) is 23.3 Å². The molecule has 92 valence electrons. The molecule has 2 rings (SSSR count). The van der Waals surface area contributed by atoms with Crippen LogP contribution in [0.3, 0.4) is 0 Å². The Balaban J connectivity index is 2.38. The molecule has 3 heteroatoms. The molecule has 0 atom stereocenters. The van der Waals surface area contributed by atoms with Crippen LogP contribution in [0.5, 0.6) is 0 Å². The number of rotatable bonds is 5. The topological polar surface area (TPSA) is 22.4 Å². The van der Waals surface area contributed by atoms with Crippen molar-refractivity contribution in [2.75, 3.05) is 13.7 Å². The van der Waals surface area contributed by atoms with Gasteiger partial charge in [-0.3, -0.25) is 0 Å². The minimum absolute atomic E-state index is 0.769. The second kappa shape index (κ2) is 5.69. The SMILES string of the molecule is COCCCc1cccc2oc(CBr)c(C)c12. The number of alkyl halides is 1. The average Bonchev–Trinajstić information content (AvgIpc) is 2.67. The number of halogens is 1. The van der Waals surface area contributed by atoms with Crippen LogP contribution in [0.4, 0.5) is 0 Å². The number of hydrogen-bond acceptors (Lipinski definition) is 2. The van der Waals surface area contributed by atoms with E-state index in [9.17, 15) is 0 Å². The molecule has 0 unspecified atom stereocenters. The van der Waals surface area contributed by atoms with E-state index in [0.717, 1.165) is 36.1 Å². The van der Waals surface area contributed by atoms with Crippen LogP contribution in [0.15, 0.2) is 22.6 Å². The Morgan fingerprint density at radius 3 is 2.88 bits per heavy atom. The molecule has 0 aliphatic heterocycles. The van der Waals surface area contributed by atoms with Gasteiger partial charge in [0, 0.05) is 19.1 Å². The highest BCUT2D eigenvalue weighted by Gasteiger charge is 2.12. The molecular formula is C14H17BrO2. The van der Waals surface area contributed by atoms with Gasteiger partial charge in [-0.1, -0.05) is 28.1 Å². The maximum absolute atomic E-state index is 5.82. The van der Waals surface area contributed by atoms with E-state index in [4.69, 9.17) is 9.15 Å². The lowest BCUT2D eigenvalue weighted by atomic mass is 10.0. The first-order chi connectivity index (χ1) is 8.27. The maximum Gasteiger partial charge on any atom is 0.134 e. The fourth-order valence-corrected chi connectivity index (χ4v) is 2.71. The standard InChI is InChI=1S/C14H17BrO2/c1-10-13(9-15)17-12-7-3-5-11(14(10)12)6-4-8-16-2/h3,5,7H,4,6,8-9H2,1-2H3. The largest absolute Gasteiger partial charge is 0.460 e. The number of aryl methyl sites for hydroxylation is 2. The van der Waals surface area contributed by atoms with Gasteiger partial charge in [-0.05, 0) is 37.0 Å². The molecule has 0 saturated heterocycles. The molecule has 0 spiro atoms. The highest BCUT2D eigenvalue weighted by atomic mass is 79.9. The van der Waals surface area contributed by atoms with E-state index in [-0.39, 0.29) is 0 Å². The number of fused-ring (bicyclic) bond motifs is 1. The lowest BCUT2D eigenvalue weighted by molar-refractivity contribution is 0.195. The average molecular weight is 297 g/mol. The molecule has 0 fully saturated rings. The molecule has 1 heterocycles. The summed E-state index contributed by atoms with van der Waals surface area (Å²) in [5.74, 6) is 1.03. The third-order valence-corrected chi connectivity index (χ3v) is 3.56. The van der Waals surface area contributed by atoms with Crippen LogP contribution < -0.4 is 0 Å². The molecule has 0 N–H and O–H groups in total. The van der Waals surface area contributed by atoms with Crippen molar-refractivity contribution in [1.82, 2.24) is 0 Å². The molecule has 2 nitrogen and oxygen atoms in total. The van der Waals surface area contributed by atoms with E-state index in [0.29, 0.717) is 0 Å². The molecule has 1 aromatic carbocycles. The number of methoxy groups -OCH3 is 1. The van der Waals surface area contributed by atoms with E-state index in [2.05, 4.69) is 35.0 Å². The number of benzene rings is 1. The van der Waals surface area contributed by atoms with Gasteiger partial charge >= 0.3 is 0 Å². The Morgan fingerprint density at radius 2 is 2.18 bits per heavy atom. The van der Waals surface area contributed by atoms with Gasteiger partial charge in [0.2, 0.25) is 0 Å². The van der Waals surface area contributed by atoms with Gasteiger partial charge in [0.15, 0.2) is 0 Å². The van der Waals surface area contributed by atoms with Crippen molar-refractivity contribution in [3.8, 4) is 0 Å². The summed E-state index contributed by atoms with van der Waals surface area (Å²) in [5.41, 5.74) is 3.60. The summed E-state index contributed by atoms with van der Waals surface area (Å²) < 4.78 is 10.9. The van der Waals surface area contributed by atoms with E-state index in [1.165, 1.54) is 16.5 Å². The van der Waals surface area contributed by atoms with E-state index >= 15 is 0 Å². The molecule has 0 radical (unpaired) electrons. The van der Waals surface area contributed by atoms with Gasteiger partial charge in [-0.25, -0.2) is 0 Å². The third kappa shape index (κ3) is 2.55. The molecule has 0 saturated carbocycles. The highest BCUT2D eigenvalue weighted by Crippen LogP contribution is 2.30. The molecule has 0 bridgehead atoms. The summed E-state index contributed by atoms with van der Waals surface area (Å²) >= 11 is 3.46. The van der Waals surface area contributed by atoms with Crippen molar-refractivity contribution in [3.63, 3.8) is 0 Å². The first-order valence-electron chi connectivity index (χ1n) is 5.82. The quantitative estimate of drug-likeness (QED) is 0.609. The van der Waals surface area contributed by atoms with Gasteiger partial charge in [-0.2, -0.15) is 0 Å². The first-order valence-corrected chi connectivity index (χ1v) is 6.95. The second-order valence-electron chi connectivity index (χ2n) is 4.17. The zero-order valence-electron chi connectivity index (χ0n) is 10.3. The number of furan rings is 1. The smallest absolute Gasteiger partial charge is 0.134 e. The second-order valence-corrected chi connectivity index (χ2v) is 4.73. The Bertz CT molecular complexity index is 502. The normalized spacial score (nSPS) is 11.2. The summed E-state index contributed by atoms with van der Waals surface area (Å²) in [5, 5.41) is 2.04. The number of hydrogen-bond donors (Lipinski definition) is 0. The summed E-state index contributed by atoms with van der Waals surface area (Å²) in [4.78, 5) is 0. The molecule has 1 aromatic heterocycles. The zero-order chi connectivity index (χ0) is 12.3. The summed E-state index contributed by atoms with van der Waals surface area (Å²) in [7, 11) is 1.74. The van der Waals surface area contributed by atoms with Crippen molar-refractivity contribution in [2.45, 2.75) is 25.1 Å². The molecule has 17 heavy (non-hydrogen) atoms. The van der Waals surface area contributed by atoms with Crippen LogP contribution in [0, 0.1) is 6.92 Å². The van der Waals surface area contributed by atoms with Crippen molar-refractivity contribution >= 4 is 26.9 Å². The fourth-order valence-electron chi connectivity index (χ4n) is 2.18. The van der Waals surface area contributed by atoms with E-state index in [1.807, 2.05) is 6.07 Å². The monoisotopic (exact) mass is 296 g/mol. The minimum Gasteiger partial charge on any atom is -0.460 e. The maximum atomic E-state index is 5.82. The van der Waals surface area contributed by atoms with Crippen LogP contribution in [-0.2, 0) is 16.5 Å². The van der Waals surface area contributed by atoms with Crippen LogP contribution >= 0.6 is 15.9 Å². The van der Waals surface area contributed by atoms with Crippen molar-refractivity contribution in [3.05, 3.63) is 35.1 Å². The van der Waals surface area contributed by atoms with Crippen LogP contribution in [-0.4, -0.2) is 13.7 Å². The molecule has 0 amide bonds. The van der Waals surface area contributed by atoms with Crippen molar-refractivity contribution in [2.24, 2.45) is 0 Å². The van der Waals surface area contributed by atoms with Gasteiger partial charge in [0.1, 0.15) is 11.3 Å².